The van der Waals surface area contributed by atoms with Crippen molar-refractivity contribution in [2.24, 2.45) is 0 Å². The van der Waals surface area contributed by atoms with E-state index in [1.165, 1.54) is 50.9 Å². The van der Waals surface area contributed by atoms with Crippen LogP contribution in [0, 0.1) is 39.0 Å². The van der Waals surface area contributed by atoms with Gasteiger partial charge in [0.05, 0.1) is 35.6 Å². The maximum absolute atomic E-state index is 8.83. The monoisotopic (exact) mass is 605 g/mol. The highest BCUT2D eigenvalue weighted by Gasteiger charge is 2.21. The molecule has 4 aromatic heterocycles. The van der Waals surface area contributed by atoms with E-state index in [4.69, 9.17) is 15.2 Å². The number of rotatable bonds is 10. The Morgan fingerprint density at radius 1 is 0.806 bits per heavy atom. The lowest BCUT2D eigenvalue weighted by atomic mass is 10.2. The zero-order valence-electron chi connectivity index (χ0n) is 21.8. The first-order valence-corrected chi connectivity index (χ1v) is 20.8. The SMILES string of the molecule is Cc1cc(SCCC#N)sc1-c1sc(-c2nc(C)c(-c3nc(C)c(SCC[Si](C)(C)C)s3)s2)cc1C. The third kappa shape index (κ3) is 6.73. The van der Waals surface area contributed by atoms with E-state index >= 15 is 0 Å². The van der Waals surface area contributed by atoms with E-state index in [1.807, 2.05) is 45.8 Å². The molecule has 0 aliphatic heterocycles. The predicted octanol–water partition coefficient (Wildman–Crippen LogP) is 10.4. The van der Waals surface area contributed by atoms with Crippen LogP contribution in [-0.2, 0) is 0 Å². The van der Waals surface area contributed by atoms with Gasteiger partial charge in [-0.1, -0.05) is 19.6 Å². The molecule has 10 heteroatoms. The summed E-state index contributed by atoms with van der Waals surface area (Å²) in [6, 6.07) is 8.11. The average molecular weight is 606 g/mol. The van der Waals surface area contributed by atoms with Gasteiger partial charge in [0.2, 0.25) is 0 Å². The van der Waals surface area contributed by atoms with E-state index in [2.05, 4.69) is 65.5 Å². The Balaban J connectivity index is 1.56. The molecule has 4 rings (SSSR count). The Hall–Kier alpha value is -0.933. The molecular weight excluding hydrogens is 575 g/mol. The summed E-state index contributed by atoms with van der Waals surface area (Å²) in [7, 11) is -1.02. The summed E-state index contributed by atoms with van der Waals surface area (Å²) in [4.78, 5) is 15.0. The lowest BCUT2D eigenvalue weighted by Crippen LogP contribution is -2.19. The topological polar surface area (TPSA) is 49.6 Å². The highest BCUT2D eigenvalue weighted by Crippen LogP contribution is 2.47. The van der Waals surface area contributed by atoms with Crippen LogP contribution in [0.2, 0.25) is 25.7 Å². The molecule has 0 bridgehead atoms. The molecule has 3 nitrogen and oxygen atoms in total. The van der Waals surface area contributed by atoms with Gasteiger partial charge in [-0.25, -0.2) is 9.97 Å². The van der Waals surface area contributed by atoms with Gasteiger partial charge in [0.25, 0.3) is 0 Å². The van der Waals surface area contributed by atoms with Crippen LogP contribution in [0.15, 0.2) is 20.6 Å². The van der Waals surface area contributed by atoms with Gasteiger partial charge >= 0.3 is 0 Å². The number of hydrogen-bond donors (Lipinski definition) is 0. The molecule has 0 fully saturated rings. The Morgan fingerprint density at radius 2 is 1.50 bits per heavy atom. The Labute approximate surface area is 240 Å². The molecule has 0 amide bonds. The number of aromatic nitrogens is 2. The molecule has 0 N–H and O–H groups in total. The summed E-state index contributed by atoms with van der Waals surface area (Å²) < 4.78 is 2.64. The molecule has 0 unspecified atom stereocenters. The van der Waals surface area contributed by atoms with E-state index in [-0.39, 0.29) is 0 Å². The number of nitriles is 1. The van der Waals surface area contributed by atoms with Crippen LogP contribution < -0.4 is 0 Å². The molecule has 0 aliphatic carbocycles. The van der Waals surface area contributed by atoms with Crippen LogP contribution in [0.25, 0.3) is 29.5 Å². The van der Waals surface area contributed by atoms with Crippen LogP contribution in [-0.4, -0.2) is 29.5 Å². The van der Waals surface area contributed by atoms with Crippen molar-refractivity contribution in [2.45, 2.75) is 68.2 Å². The van der Waals surface area contributed by atoms with E-state index in [0.717, 1.165) is 27.2 Å². The third-order valence-corrected chi connectivity index (χ3v) is 15.5. The average Bonchev–Trinajstić information content (AvgIpc) is 3.54. The highest BCUT2D eigenvalue weighted by molar-refractivity contribution is 8.01. The third-order valence-electron chi connectivity index (χ3n) is 5.52. The Kier molecular flexibility index (Phi) is 9.24. The van der Waals surface area contributed by atoms with Crippen molar-refractivity contribution in [1.29, 1.82) is 5.26 Å². The smallest absolute Gasteiger partial charge is 0.136 e. The molecule has 0 saturated carbocycles. The van der Waals surface area contributed by atoms with Crippen molar-refractivity contribution in [3.63, 3.8) is 0 Å². The summed E-state index contributed by atoms with van der Waals surface area (Å²) in [6.45, 7) is 16.0. The number of nitrogens with zero attached hydrogens (tertiary/aromatic N) is 3. The summed E-state index contributed by atoms with van der Waals surface area (Å²) >= 11 is 11.0. The van der Waals surface area contributed by atoms with Crippen molar-refractivity contribution in [3.8, 4) is 35.6 Å². The van der Waals surface area contributed by atoms with Crippen LogP contribution in [0.1, 0.15) is 28.9 Å². The van der Waals surface area contributed by atoms with Crippen LogP contribution in [0.4, 0.5) is 0 Å². The molecule has 0 spiro atoms. The first kappa shape index (κ1) is 28.1. The lowest BCUT2D eigenvalue weighted by Gasteiger charge is -2.14. The van der Waals surface area contributed by atoms with Crippen molar-refractivity contribution in [2.75, 3.05) is 11.5 Å². The molecule has 0 saturated heterocycles. The molecule has 4 heterocycles. The second kappa shape index (κ2) is 11.8. The molecule has 0 radical (unpaired) electrons. The summed E-state index contributed by atoms with van der Waals surface area (Å²) in [5, 5.41) is 11.0. The second-order valence-corrected chi connectivity index (χ2v) is 22.4. The molecule has 0 aromatic carbocycles. The van der Waals surface area contributed by atoms with E-state index in [1.54, 1.807) is 23.1 Å². The van der Waals surface area contributed by atoms with Crippen LogP contribution in [0.3, 0.4) is 0 Å². The van der Waals surface area contributed by atoms with Crippen LogP contribution in [0.5, 0.6) is 0 Å². The number of thioether (sulfide) groups is 2. The summed E-state index contributed by atoms with van der Waals surface area (Å²) in [5.41, 5.74) is 4.83. The van der Waals surface area contributed by atoms with Crippen molar-refractivity contribution in [1.82, 2.24) is 9.97 Å². The van der Waals surface area contributed by atoms with Gasteiger partial charge in [-0.15, -0.1) is 68.9 Å². The highest BCUT2D eigenvalue weighted by atomic mass is 32.2. The van der Waals surface area contributed by atoms with Gasteiger partial charge in [0.1, 0.15) is 10.0 Å². The first-order valence-electron chi connectivity index (χ1n) is 11.8. The van der Waals surface area contributed by atoms with Gasteiger partial charge in [0, 0.05) is 30.0 Å². The quantitative estimate of drug-likeness (QED) is 0.102. The first-order chi connectivity index (χ1) is 17.1. The fourth-order valence-electron chi connectivity index (χ4n) is 3.52. The van der Waals surface area contributed by atoms with Gasteiger partial charge in [0.15, 0.2) is 0 Å². The summed E-state index contributed by atoms with van der Waals surface area (Å²) in [5.74, 6) is 2.03. The maximum atomic E-state index is 8.83. The normalized spacial score (nSPS) is 11.8. The van der Waals surface area contributed by atoms with Crippen molar-refractivity contribution < 1.29 is 0 Å². The Morgan fingerprint density at radius 3 is 2.22 bits per heavy atom. The molecule has 190 valence electrons. The van der Waals surface area contributed by atoms with Gasteiger partial charge in [-0.05, 0) is 62.8 Å². The number of thiophene rings is 2. The predicted molar refractivity (Wildman–Crippen MR) is 169 cm³/mol. The zero-order chi connectivity index (χ0) is 26.0. The largest absolute Gasteiger partial charge is 0.240 e. The minimum atomic E-state index is -1.02. The maximum Gasteiger partial charge on any atom is 0.136 e. The van der Waals surface area contributed by atoms with Crippen molar-refractivity contribution >= 4 is 76.9 Å². The zero-order valence-corrected chi connectivity index (χ0v) is 27.7. The number of aryl methyl sites for hydroxylation is 4. The molecule has 0 atom stereocenters. The standard InChI is InChI=1S/C26H31N3S6Si/c1-15-13-19(32-21(15)22-16(2)14-20(33-22)30-10-8-9-27)24-28-17(3)23(34-24)25-29-18(4)26(35-25)31-11-12-36(5,6)7/h13-14H,8,10-12H2,1-7H3. The fourth-order valence-corrected chi connectivity index (χ4v) is 13.3. The molecule has 0 aliphatic rings. The molecule has 36 heavy (non-hydrogen) atoms. The van der Waals surface area contributed by atoms with Gasteiger partial charge in [-0.2, -0.15) is 5.26 Å². The molecule has 4 aromatic rings. The molecular formula is C26H31N3S6Si. The van der Waals surface area contributed by atoms with E-state index < -0.39 is 8.07 Å². The van der Waals surface area contributed by atoms with E-state index in [9.17, 15) is 0 Å². The summed E-state index contributed by atoms with van der Waals surface area (Å²) in [6.07, 6.45) is 0.585. The fraction of sp³-hybridized carbons (Fsp3) is 0.423. The van der Waals surface area contributed by atoms with Gasteiger partial charge < -0.3 is 0 Å². The minimum absolute atomic E-state index is 0.585. The number of hydrogen-bond acceptors (Lipinski definition) is 9. The second-order valence-electron chi connectivity index (χ2n) is 9.94. The lowest BCUT2D eigenvalue weighted by molar-refractivity contribution is 1.20. The van der Waals surface area contributed by atoms with Crippen molar-refractivity contribution in [3.05, 3.63) is 34.6 Å². The van der Waals surface area contributed by atoms with E-state index in [0.29, 0.717) is 6.42 Å². The van der Waals surface area contributed by atoms with Gasteiger partial charge in [-0.3, -0.25) is 0 Å². The number of thiazole rings is 2. The minimum Gasteiger partial charge on any atom is -0.240 e. The van der Waals surface area contributed by atoms with Crippen LogP contribution >= 0.6 is 68.9 Å². The Bertz CT molecular complexity index is 1400.